The molecular weight excluding hydrogens is 493 g/mol. The fraction of sp³-hybridized carbons (Fsp3) is 0.656. The number of methoxy groups -OCH3 is 1. The lowest BCUT2D eigenvalue weighted by molar-refractivity contribution is 0.0605. The molecule has 0 aliphatic carbocycles. The SMILES string of the molecule is CCC(CC)(c1ccc(CCC(O[Si](C)(C)C(C)(C)C)C(C)(C)C)c(C)c1)c1cc(C)c(C(=O)OC)s1. The first-order chi connectivity index (χ1) is 16.9. The average molecular weight is 545 g/mol. The second-order valence-electron chi connectivity index (χ2n) is 13.3. The average Bonchev–Trinajstić information content (AvgIpc) is 3.18. The third-order valence-electron chi connectivity index (χ3n) is 8.75. The van der Waals surface area contributed by atoms with Crippen molar-refractivity contribution in [3.8, 4) is 0 Å². The lowest BCUT2D eigenvalue weighted by Crippen LogP contribution is -2.47. The molecule has 0 saturated heterocycles. The molecule has 1 aromatic heterocycles. The smallest absolute Gasteiger partial charge is 0.348 e. The number of carbonyl (C=O) groups is 1. The minimum Gasteiger partial charge on any atom is -0.465 e. The Balaban J connectivity index is 2.36. The Morgan fingerprint density at radius 1 is 0.973 bits per heavy atom. The van der Waals surface area contributed by atoms with Crippen LogP contribution in [-0.2, 0) is 21.0 Å². The van der Waals surface area contributed by atoms with Crippen molar-refractivity contribution < 1.29 is 14.0 Å². The maximum atomic E-state index is 12.3. The molecule has 208 valence electrons. The number of aryl methyl sites for hydroxylation is 3. The molecule has 0 N–H and O–H groups in total. The molecule has 1 heterocycles. The lowest BCUT2D eigenvalue weighted by Gasteiger charge is -2.43. The molecule has 0 bridgehead atoms. The zero-order valence-electron chi connectivity index (χ0n) is 25.8. The first-order valence-corrected chi connectivity index (χ1v) is 17.6. The molecule has 0 amide bonds. The first kappa shape index (κ1) is 31.8. The summed E-state index contributed by atoms with van der Waals surface area (Å²) >= 11 is 1.59. The Labute approximate surface area is 232 Å². The van der Waals surface area contributed by atoms with Crippen LogP contribution in [0, 0.1) is 19.3 Å². The Morgan fingerprint density at radius 2 is 1.57 bits per heavy atom. The number of carbonyl (C=O) groups excluding carboxylic acids is 1. The van der Waals surface area contributed by atoms with Gasteiger partial charge in [-0.25, -0.2) is 4.79 Å². The highest BCUT2D eigenvalue weighted by molar-refractivity contribution is 7.14. The summed E-state index contributed by atoms with van der Waals surface area (Å²) in [7, 11) is -0.400. The van der Waals surface area contributed by atoms with Crippen LogP contribution in [-0.4, -0.2) is 27.5 Å². The summed E-state index contributed by atoms with van der Waals surface area (Å²) in [6.07, 6.45) is 4.22. The number of hydrogen-bond acceptors (Lipinski definition) is 4. The molecule has 0 fully saturated rings. The summed E-state index contributed by atoms with van der Waals surface area (Å²) in [5, 5.41) is 0.200. The summed E-state index contributed by atoms with van der Waals surface area (Å²) in [6.45, 7) is 27.4. The Kier molecular flexibility index (Phi) is 10.1. The van der Waals surface area contributed by atoms with Crippen LogP contribution in [0.2, 0.25) is 18.1 Å². The summed E-state index contributed by atoms with van der Waals surface area (Å²) in [5.74, 6) is -0.241. The molecule has 0 saturated carbocycles. The lowest BCUT2D eigenvalue weighted by atomic mass is 9.73. The van der Waals surface area contributed by atoms with Gasteiger partial charge in [0.15, 0.2) is 8.32 Å². The van der Waals surface area contributed by atoms with Crippen LogP contribution in [0.15, 0.2) is 24.3 Å². The largest absolute Gasteiger partial charge is 0.465 e. The predicted octanol–water partition coefficient (Wildman–Crippen LogP) is 9.63. The van der Waals surface area contributed by atoms with Gasteiger partial charge in [0.05, 0.1) is 13.2 Å². The maximum absolute atomic E-state index is 12.3. The van der Waals surface area contributed by atoms with Gasteiger partial charge in [0.25, 0.3) is 0 Å². The van der Waals surface area contributed by atoms with E-state index >= 15 is 0 Å². The van der Waals surface area contributed by atoms with Crippen molar-refractivity contribution >= 4 is 25.6 Å². The van der Waals surface area contributed by atoms with Gasteiger partial charge in [-0.2, -0.15) is 0 Å². The number of hydrogen-bond donors (Lipinski definition) is 0. The number of esters is 1. The van der Waals surface area contributed by atoms with Crippen LogP contribution in [0.25, 0.3) is 0 Å². The van der Waals surface area contributed by atoms with Crippen molar-refractivity contribution in [2.24, 2.45) is 5.41 Å². The van der Waals surface area contributed by atoms with Crippen LogP contribution in [0.4, 0.5) is 0 Å². The number of benzene rings is 1. The molecule has 2 rings (SSSR count). The molecule has 0 aliphatic heterocycles. The van der Waals surface area contributed by atoms with E-state index in [0.717, 1.165) is 31.2 Å². The van der Waals surface area contributed by atoms with Crippen molar-refractivity contribution in [2.45, 2.75) is 125 Å². The second-order valence-corrected chi connectivity index (χ2v) is 19.1. The molecule has 0 spiro atoms. The minimum atomic E-state index is -1.86. The van der Waals surface area contributed by atoms with Gasteiger partial charge in [0.2, 0.25) is 0 Å². The molecule has 5 heteroatoms. The summed E-state index contributed by atoms with van der Waals surface area (Å²) in [4.78, 5) is 14.3. The number of rotatable bonds is 10. The molecule has 1 unspecified atom stereocenters. The van der Waals surface area contributed by atoms with Crippen molar-refractivity contribution in [1.82, 2.24) is 0 Å². The quantitative estimate of drug-likeness (QED) is 0.221. The van der Waals surface area contributed by atoms with E-state index in [9.17, 15) is 4.79 Å². The molecule has 1 atom stereocenters. The molecule has 1 aromatic carbocycles. The Morgan fingerprint density at radius 3 is 2.03 bits per heavy atom. The highest BCUT2D eigenvalue weighted by Gasteiger charge is 2.41. The van der Waals surface area contributed by atoms with E-state index in [1.807, 2.05) is 6.92 Å². The van der Waals surface area contributed by atoms with E-state index < -0.39 is 8.32 Å². The van der Waals surface area contributed by atoms with Crippen LogP contribution in [0.1, 0.15) is 111 Å². The van der Waals surface area contributed by atoms with E-state index in [0.29, 0.717) is 4.88 Å². The van der Waals surface area contributed by atoms with Gasteiger partial charge in [-0.05, 0) is 91.4 Å². The molecule has 0 radical (unpaired) electrons. The number of thiophene rings is 1. The van der Waals surface area contributed by atoms with Gasteiger partial charge in [0, 0.05) is 10.3 Å². The van der Waals surface area contributed by atoms with Gasteiger partial charge in [-0.3, -0.25) is 0 Å². The van der Waals surface area contributed by atoms with E-state index in [1.54, 1.807) is 11.3 Å². The van der Waals surface area contributed by atoms with Crippen LogP contribution < -0.4 is 0 Å². The fourth-order valence-corrected chi connectivity index (χ4v) is 7.90. The Bertz CT molecular complexity index is 1060. The molecule has 3 nitrogen and oxygen atoms in total. The van der Waals surface area contributed by atoms with Gasteiger partial charge in [-0.1, -0.05) is 73.6 Å². The predicted molar refractivity (Wildman–Crippen MR) is 163 cm³/mol. The second kappa shape index (κ2) is 11.8. The van der Waals surface area contributed by atoms with E-state index in [4.69, 9.17) is 9.16 Å². The third kappa shape index (κ3) is 6.96. The fourth-order valence-electron chi connectivity index (χ4n) is 4.92. The number of ether oxygens (including phenoxy) is 1. The van der Waals surface area contributed by atoms with Gasteiger partial charge in [0.1, 0.15) is 4.88 Å². The normalized spacial score (nSPS) is 14.1. The van der Waals surface area contributed by atoms with E-state index in [2.05, 4.69) is 99.7 Å². The van der Waals surface area contributed by atoms with Gasteiger partial charge >= 0.3 is 5.97 Å². The van der Waals surface area contributed by atoms with E-state index in [1.165, 1.54) is 28.7 Å². The molecule has 0 aliphatic rings. The Hall–Kier alpha value is -1.43. The minimum absolute atomic E-state index is 0.0946. The molecule has 37 heavy (non-hydrogen) atoms. The van der Waals surface area contributed by atoms with Crippen LogP contribution >= 0.6 is 11.3 Å². The summed E-state index contributed by atoms with van der Waals surface area (Å²) in [5.41, 5.74) is 5.06. The van der Waals surface area contributed by atoms with Crippen LogP contribution in [0.3, 0.4) is 0 Å². The molecular formula is C32H52O3SSi. The van der Waals surface area contributed by atoms with Gasteiger partial charge < -0.3 is 9.16 Å². The maximum Gasteiger partial charge on any atom is 0.348 e. The first-order valence-electron chi connectivity index (χ1n) is 13.9. The zero-order chi connectivity index (χ0) is 28.4. The zero-order valence-corrected chi connectivity index (χ0v) is 27.7. The standard InChI is InChI=1S/C32H52O3SSi/c1-14-32(15-2,27-21-23(4)28(36-27)29(33)34-11)25-18-16-24(22(3)20-25)17-19-26(30(5,6)7)35-37(12,13)31(8,9)10/h16,18,20-21,26H,14-15,17,19H2,1-13H3. The van der Waals surface area contributed by atoms with Crippen molar-refractivity contribution in [3.63, 3.8) is 0 Å². The monoisotopic (exact) mass is 544 g/mol. The van der Waals surface area contributed by atoms with E-state index in [-0.39, 0.29) is 27.9 Å². The summed E-state index contributed by atoms with van der Waals surface area (Å²) < 4.78 is 12.0. The molecule has 2 aromatic rings. The highest BCUT2D eigenvalue weighted by Crippen LogP contribution is 2.44. The summed E-state index contributed by atoms with van der Waals surface area (Å²) in [6, 6.07) is 9.23. The third-order valence-corrected chi connectivity index (χ3v) is 14.7. The highest BCUT2D eigenvalue weighted by atomic mass is 32.1. The topological polar surface area (TPSA) is 35.5 Å². The van der Waals surface area contributed by atoms with Gasteiger partial charge in [-0.15, -0.1) is 11.3 Å². The van der Waals surface area contributed by atoms with Crippen molar-refractivity contribution in [1.29, 1.82) is 0 Å². The van der Waals surface area contributed by atoms with Crippen LogP contribution in [0.5, 0.6) is 0 Å². The van der Waals surface area contributed by atoms with Crippen molar-refractivity contribution in [3.05, 3.63) is 56.3 Å². The van der Waals surface area contributed by atoms with Crippen molar-refractivity contribution in [2.75, 3.05) is 7.11 Å².